The Bertz CT molecular complexity index is 1030. The molecule has 1 saturated heterocycles. The molecule has 0 amide bonds. The van der Waals surface area contributed by atoms with Gasteiger partial charge in [0.15, 0.2) is 11.5 Å². The lowest BCUT2D eigenvalue weighted by Gasteiger charge is -2.18. The van der Waals surface area contributed by atoms with Crippen molar-refractivity contribution in [3.63, 3.8) is 0 Å². The van der Waals surface area contributed by atoms with Crippen LogP contribution in [-0.4, -0.2) is 38.5 Å². The van der Waals surface area contributed by atoms with Gasteiger partial charge in [0.1, 0.15) is 17.6 Å². The highest BCUT2D eigenvalue weighted by Gasteiger charge is 2.30. The van der Waals surface area contributed by atoms with Gasteiger partial charge < -0.3 is 4.90 Å². The molecule has 142 valence electrons. The van der Waals surface area contributed by atoms with E-state index in [1.165, 1.54) is 12.1 Å². The molecule has 3 heterocycles. The van der Waals surface area contributed by atoms with Crippen LogP contribution in [0.5, 0.6) is 0 Å². The molecular formula is C18H14F3N7. The van der Waals surface area contributed by atoms with E-state index in [0.29, 0.717) is 17.1 Å². The van der Waals surface area contributed by atoms with E-state index in [2.05, 4.69) is 30.3 Å². The lowest BCUT2D eigenvalue weighted by molar-refractivity contribution is -0.137. The third kappa shape index (κ3) is 3.38. The van der Waals surface area contributed by atoms with Crippen LogP contribution >= 0.6 is 0 Å². The number of halogens is 3. The molecule has 2 aromatic heterocycles. The van der Waals surface area contributed by atoms with Crippen LogP contribution in [0.1, 0.15) is 24.1 Å². The quantitative estimate of drug-likeness (QED) is 0.742. The zero-order valence-corrected chi connectivity index (χ0v) is 14.5. The summed E-state index contributed by atoms with van der Waals surface area (Å²) in [4.78, 5) is 11.0. The van der Waals surface area contributed by atoms with Gasteiger partial charge >= 0.3 is 6.18 Å². The minimum absolute atomic E-state index is 0.0874. The van der Waals surface area contributed by atoms with Gasteiger partial charge in [-0.15, -0.1) is 5.10 Å². The predicted molar refractivity (Wildman–Crippen MR) is 94.0 cm³/mol. The Balaban J connectivity index is 1.81. The summed E-state index contributed by atoms with van der Waals surface area (Å²) in [5.74, 6) is 0.907. The molecule has 0 saturated carbocycles. The SMILES string of the molecule is N#Cc1n[nH]nc1-c1cc(N2CCCC2)nc(-c2ccc(C(F)(F)F)cc2)n1. The summed E-state index contributed by atoms with van der Waals surface area (Å²) >= 11 is 0. The molecule has 0 bridgehead atoms. The van der Waals surface area contributed by atoms with Crippen molar-refractivity contribution in [3.8, 4) is 28.8 Å². The Morgan fingerprint density at radius 2 is 1.75 bits per heavy atom. The van der Waals surface area contributed by atoms with E-state index in [0.717, 1.165) is 38.1 Å². The molecule has 0 unspecified atom stereocenters. The zero-order valence-electron chi connectivity index (χ0n) is 14.5. The summed E-state index contributed by atoms with van der Waals surface area (Å²) < 4.78 is 38.5. The molecule has 0 spiro atoms. The normalized spacial score (nSPS) is 14.3. The fraction of sp³-hybridized carbons (Fsp3) is 0.278. The van der Waals surface area contributed by atoms with Gasteiger partial charge in [-0.2, -0.15) is 28.7 Å². The highest BCUT2D eigenvalue weighted by Crippen LogP contribution is 2.32. The van der Waals surface area contributed by atoms with Crippen molar-refractivity contribution < 1.29 is 13.2 Å². The molecule has 7 nitrogen and oxygen atoms in total. The van der Waals surface area contributed by atoms with Gasteiger partial charge in [-0.05, 0) is 25.0 Å². The summed E-state index contributed by atoms with van der Waals surface area (Å²) in [5, 5.41) is 19.4. The first-order valence-corrected chi connectivity index (χ1v) is 8.58. The molecule has 0 atom stereocenters. The minimum Gasteiger partial charge on any atom is -0.356 e. The standard InChI is InChI=1S/C18H14F3N7/c19-18(20,21)12-5-3-11(4-6-12)17-23-13(16-14(10-22)25-27-26-16)9-15(24-17)28-7-1-2-8-28/h3-6,9H,1-2,7-8H2,(H,25,26,27). The summed E-state index contributed by atoms with van der Waals surface area (Å²) in [6.45, 7) is 1.65. The van der Waals surface area contributed by atoms with Crippen molar-refractivity contribution in [1.29, 1.82) is 5.26 Å². The average Bonchev–Trinajstić information content (AvgIpc) is 3.38. The van der Waals surface area contributed by atoms with E-state index in [1.54, 1.807) is 6.07 Å². The number of nitriles is 1. The number of aromatic nitrogens is 5. The Morgan fingerprint density at radius 1 is 1.04 bits per heavy atom. The third-order valence-electron chi connectivity index (χ3n) is 4.51. The molecule has 1 fully saturated rings. The maximum absolute atomic E-state index is 12.8. The maximum Gasteiger partial charge on any atom is 0.416 e. The topological polar surface area (TPSA) is 94.4 Å². The van der Waals surface area contributed by atoms with Crippen LogP contribution in [0.15, 0.2) is 30.3 Å². The lowest BCUT2D eigenvalue weighted by Crippen LogP contribution is -2.19. The molecule has 1 N–H and O–H groups in total. The summed E-state index contributed by atoms with van der Waals surface area (Å²) in [7, 11) is 0. The van der Waals surface area contributed by atoms with Gasteiger partial charge in [-0.25, -0.2) is 9.97 Å². The molecule has 0 aliphatic carbocycles. The molecule has 3 aromatic rings. The highest BCUT2D eigenvalue weighted by atomic mass is 19.4. The van der Waals surface area contributed by atoms with Gasteiger partial charge in [0, 0.05) is 24.7 Å². The number of anilines is 1. The number of hydrogen-bond acceptors (Lipinski definition) is 6. The van der Waals surface area contributed by atoms with E-state index in [9.17, 15) is 18.4 Å². The van der Waals surface area contributed by atoms with Crippen molar-refractivity contribution >= 4 is 5.82 Å². The molecular weight excluding hydrogens is 371 g/mol. The average molecular weight is 385 g/mol. The molecule has 1 aromatic carbocycles. The number of nitrogens with one attached hydrogen (secondary N) is 1. The number of aromatic amines is 1. The van der Waals surface area contributed by atoms with E-state index in [4.69, 9.17) is 0 Å². The Labute approximate surface area is 157 Å². The number of H-pyrrole nitrogens is 1. The van der Waals surface area contributed by atoms with Crippen molar-refractivity contribution in [1.82, 2.24) is 25.4 Å². The monoisotopic (exact) mass is 385 g/mol. The Hall–Kier alpha value is -3.48. The first-order chi connectivity index (χ1) is 13.5. The molecule has 0 radical (unpaired) electrons. The first-order valence-electron chi connectivity index (χ1n) is 8.58. The number of nitrogens with zero attached hydrogens (tertiary/aromatic N) is 6. The van der Waals surface area contributed by atoms with E-state index < -0.39 is 11.7 Å². The molecule has 4 rings (SSSR count). The summed E-state index contributed by atoms with van der Waals surface area (Å²) in [5.41, 5.74) is 0.452. The molecule has 10 heteroatoms. The summed E-state index contributed by atoms with van der Waals surface area (Å²) in [6, 6.07) is 8.33. The third-order valence-corrected chi connectivity index (χ3v) is 4.51. The van der Waals surface area contributed by atoms with E-state index in [-0.39, 0.29) is 17.2 Å². The fourth-order valence-electron chi connectivity index (χ4n) is 3.09. The van der Waals surface area contributed by atoms with Gasteiger partial charge in [0.2, 0.25) is 0 Å². The minimum atomic E-state index is -4.41. The lowest BCUT2D eigenvalue weighted by atomic mass is 10.1. The van der Waals surface area contributed by atoms with Crippen LogP contribution in [0, 0.1) is 11.3 Å². The molecule has 28 heavy (non-hydrogen) atoms. The van der Waals surface area contributed by atoms with E-state index in [1.807, 2.05) is 6.07 Å². The zero-order chi connectivity index (χ0) is 19.7. The van der Waals surface area contributed by atoms with Crippen molar-refractivity contribution in [2.75, 3.05) is 18.0 Å². The van der Waals surface area contributed by atoms with Crippen LogP contribution in [-0.2, 0) is 6.18 Å². The molecule has 1 aliphatic rings. The predicted octanol–water partition coefficient (Wildman–Crippen LogP) is 3.42. The van der Waals surface area contributed by atoms with Crippen molar-refractivity contribution in [2.24, 2.45) is 0 Å². The van der Waals surface area contributed by atoms with Gasteiger partial charge in [0.25, 0.3) is 0 Å². The summed E-state index contributed by atoms with van der Waals surface area (Å²) in [6.07, 6.45) is -2.35. The first kappa shape index (κ1) is 17.9. The number of hydrogen-bond donors (Lipinski definition) is 1. The van der Waals surface area contributed by atoms with Crippen LogP contribution in [0.25, 0.3) is 22.8 Å². The van der Waals surface area contributed by atoms with E-state index >= 15 is 0 Å². The van der Waals surface area contributed by atoms with Gasteiger partial charge in [-0.1, -0.05) is 12.1 Å². The van der Waals surface area contributed by atoms with Crippen molar-refractivity contribution in [2.45, 2.75) is 19.0 Å². The molecule has 1 aliphatic heterocycles. The fourth-order valence-corrected chi connectivity index (χ4v) is 3.09. The second-order valence-corrected chi connectivity index (χ2v) is 6.34. The van der Waals surface area contributed by atoms with Crippen LogP contribution in [0.2, 0.25) is 0 Å². The smallest absolute Gasteiger partial charge is 0.356 e. The second-order valence-electron chi connectivity index (χ2n) is 6.34. The Morgan fingerprint density at radius 3 is 2.39 bits per heavy atom. The second kappa shape index (κ2) is 6.92. The van der Waals surface area contributed by atoms with Gasteiger partial charge in [-0.3, -0.25) is 0 Å². The Kier molecular flexibility index (Phi) is 4.43. The van der Waals surface area contributed by atoms with Gasteiger partial charge in [0.05, 0.1) is 11.3 Å². The number of rotatable bonds is 3. The van der Waals surface area contributed by atoms with Crippen LogP contribution < -0.4 is 4.90 Å². The largest absolute Gasteiger partial charge is 0.416 e. The maximum atomic E-state index is 12.8. The van der Waals surface area contributed by atoms with Crippen LogP contribution in [0.3, 0.4) is 0 Å². The highest BCUT2D eigenvalue weighted by molar-refractivity contribution is 5.68. The van der Waals surface area contributed by atoms with Crippen LogP contribution in [0.4, 0.5) is 19.0 Å². The number of alkyl halides is 3. The number of benzene rings is 1. The van der Waals surface area contributed by atoms with Crippen molar-refractivity contribution in [3.05, 3.63) is 41.6 Å².